The van der Waals surface area contributed by atoms with Crippen LogP contribution in [0.3, 0.4) is 0 Å². The second-order valence-electron chi connectivity index (χ2n) is 4.15. The molecule has 0 atom stereocenters. The number of pyridine rings is 1. The Bertz CT molecular complexity index is 400. The highest BCUT2D eigenvalue weighted by Crippen LogP contribution is 2.23. The first-order valence-corrected chi connectivity index (χ1v) is 5.72. The minimum atomic E-state index is 0.524. The third-order valence-electron chi connectivity index (χ3n) is 2.93. The molecule has 84 valence electrons. The number of nitriles is 1. The number of nitrogen functional groups attached to an aromatic ring is 1. The van der Waals surface area contributed by atoms with Crippen molar-refractivity contribution >= 4 is 11.5 Å². The van der Waals surface area contributed by atoms with Crippen molar-refractivity contribution in [3.63, 3.8) is 0 Å². The molecule has 16 heavy (non-hydrogen) atoms. The lowest BCUT2D eigenvalue weighted by atomic mass is 10.2. The molecule has 2 N–H and O–H groups in total. The van der Waals surface area contributed by atoms with E-state index in [0.29, 0.717) is 11.3 Å². The van der Waals surface area contributed by atoms with Gasteiger partial charge in [0, 0.05) is 19.3 Å². The van der Waals surface area contributed by atoms with Crippen LogP contribution in [0.1, 0.15) is 31.2 Å². The Hall–Kier alpha value is -1.76. The summed E-state index contributed by atoms with van der Waals surface area (Å²) in [6.07, 6.45) is 6.55. The molecule has 4 nitrogen and oxygen atoms in total. The zero-order valence-corrected chi connectivity index (χ0v) is 9.32. The van der Waals surface area contributed by atoms with Crippen LogP contribution in [0.15, 0.2) is 12.3 Å². The van der Waals surface area contributed by atoms with Gasteiger partial charge in [0.1, 0.15) is 6.07 Å². The molecule has 0 unspecified atom stereocenters. The van der Waals surface area contributed by atoms with Crippen molar-refractivity contribution in [3.05, 3.63) is 17.8 Å². The van der Waals surface area contributed by atoms with Gasteiger partial charge in [-0.05, 0) is 18.9 Å². The Morgan fingerprint density at radius 2 is 1.94 bits per heavy atom. The van der Waals surface area contributed by atoms with Gasteiger partial charge in [-0.2, -0.15) is 5.26 Å². The minimum Gasteiger partial charge on any atom is -0.396 e. The summed E-state index contributed by atoms with van der Waals surface area (Å²) >= 11 is 0. The van der Waals surface area contributed by atoms with Gasteiger partial charge in [0.05, 0.1) is 11.3 Å². The van der Waals surface area contributed by atoms with Crippen LogP contribution in [0, 0.1) is 11.3 Å². The van der Waals surface area contributed by atoms with Gasteiger partial charge in [-0.3, -0.25) is 0 Å². The maximum absolute atomic E-state index is 8.75. The molecule has 0 saturated carbocycles. The summed E-state index contributed by atoms with van der Waals surface area (Å²) in [6, 6.07) is 3.75. The summed E-state index contributed by atoms with van der Waals surface area (Å²) in [7, 11) is 0. The van der Waals surface area contributed by atoms with Crippen LogP contribution in [-0.4, -0.2) is 18.1 Å². The highest BCUT2D eigenvalue weighted by Gasteiger charge is 2.13. The first-order valence-electron chi connectivity index (χ1n) is 5.72. The van der Waals surface area contributed by atoms with Crippen LogP contribution >= 0.6 is 0 Å². The van der Waals surface area contributed by atoms with E-state index in [2.05, 4.69) is 9.88 Å². The molecular weight excluding hydrogens is 200 g/mol. The van der Waals surface area contributed by atoms with Gasteiger partial charge in [0.25, 0.3) is 0 Å². The molecule has 0 amide bonds. The highest BCUT2D eigenvalue weighted by atomic mass is 15.2. The molecule has 1 aliphatic heterocycles. The molecule has 1 aromatic heterocycles. The Morgan fingerprint density at radius 3 is 2.50 bits per heavy atom. The largest absolute Gasteiger partial charge is 0.396 e. The van der Waals surface area contributed by atoms with Crippen molar-refractivity contribution in [3.8, 4) is 6.07 Å². The molecule has 0 radical (unpaired) electrons. The molecule has 2 heterocycles. The third kappa shape index (κ3) is 2.25. The molecular formula is C12H16N4. The van der Waals surface area contributed by atoms with E-state index in [4.69, 9.17) is 11.0 Å². The van der Waals surface area contributed by atoms with Crippen molar-refractivity contribution in [1.29, 1.82) is 5.26 Å². The lowest BCUT2D eigenvalue weighted by Crippen LogP contribution is -2.25. The molecule has 1 aromatic rings. The van der Waals surface area contributed by atoms with E-state index in [1.807, 2.05) is 6.07 Å². The van der Waals surface area contributed by atoms with Gasteiger partial charge in [-0.1, -0.05) is 12.8 Å². The number of nitrogens with two attached hydrogens (primary N) is 1. The smallest absolute Gasteiger partial charge is 0.151 e. The average Bonchev–Trinajstić information content (AvgIpc) is 2.57. The molecule has 1 saturated heterocycles. The Labute approximate surface area is 95.7 Å². The van der Waals surface area contributed by atoms with Gasteiger partial charge in [-0.25, -0.2) is 4.98 Å². The van der Waals surface area contributed by atoms with Crippen LogP contribution in [0.2, 0.25) is 0 Å². The Balaban J connectivity index is 2.22. The summed E-state index contributed by atoms with van der Waals surface area (Å²) in [5.74, 6) is 0.834. The van der Waals surface area contributed by atoms with E-state index < -0.39 is 0 Å². The second kappa shape index (κ2) is 4.84. The fraction of sp³-hybridized carbons (Fsp3) is 0.500. The van der Waals surface area contributed by atoms with Gasteiger partial charge in [0.15, 0.2) is 5.82 Å². The summed E-state index contributed by atoms with van der Waals surface area (Å²) in [5.41, 5.74) is 7.06. The zero-order valence-electron chi connectivity index (χ0n) is 9.32. The minimum absolute atomic E-state index is 0.524. The SMILES string of the molecule is N#Cc1cnc(N2CCCCCC2)c(N)c1. The first-order chi connectivity index (χ1) is 7.81. The summed E-state index contributed by atoms with van der Waals surface area (Å²) in [6.45, 7) is 2.03. The average molecular weight is 216 g/mol. The maximum Gasteiger partial charge on any atom is 0.151 e. The Kier molecular flexibility index (Phi) is 3.25. The van der Waals surface area contributed by atoms with Crippen LogP contribution in [0.4, 0.5) is 11.5 Å². The van der Waals surface area contributed by atoms with E-state index in [0.717, 1.165) is 18.9 Å². The second-order valence-corrected chi connectivity index (χ2v) is 4.15. The van der Waals surface area contributed by atoms with Crippen molar-refractivity contribution in [2.45, 2.75) is 25.7 Å². The normalized spacial score (nSPS) is 16.6. The molecule has 0 aliphatic carbocycles. The fourth-order valence-electron chi connectivity index (χ4n) is 2.08. The lowest BCUT2D eigenvalue weighted by Gasteiger charge is -2.22. The van der Waals surface area contributed by atoms with Gasteiger partial charge in [-0.15, -0.1) is 0 Å². The number of hydrogen-bond acceptors (Lipinski definition) is 4. The quantitative estimate of drug-likeness (QED) is 0.778. The van der Waals surface area contributed by atoms with Crippen molar-refractivity contribution in [1.82, 2.24) is 4.98 Å². The number of aromatic nitrogens is 1. The zero-order chi connectivity index (χ0) is 11.4. The molecule has 1 fully saturated rings. The Morgan fingerprint density at radius 1 is 1.25 bits per heavy atom. The summed E-state index contributed by atoms with van der Waals surface area (Å²) in [4.78, 5) is 6.52. The maximum atomic E-state index is 8.75. The van der Waals surface area contributed by atoms with Crippen LogP contribution in [0.5, 0.6) is 0 Å². The van der Waals surface area contributed by atoms with Gasteiger partial charge < -0.3 is 10.6 Å². The fourth-order valence-corrected chi connectivity index (χ4v) is 2.08. The lowest BCUT2D eigenvalue weighted by molar-refractivity contribution is 0.726. The summed E-state index contributed by atoms with van der Waals surface area (Å²) < 4.78 is 0. The summed E-state index contributed by atoms with van der Waals surface area (Å²) in [5, 5.41) is 8.75. The predicted molar refractivity (Wildman–Crippen MR) is 64.0 cm³/mol. The van der Waals surface area contributed by atoms with Crippen molar-refractivity contribution < 1.29 is 0 Å². The molecule has 1 aliphatic rings. The molecule has 0 aromatic carbocycles. The number of hydrogen-bond donors (Lipinski definition) is 1. The number of nitrogens with zero attached hydrogens (tertiary/aromatic N) is 3. The number of rotatable bonds is 1. The van der Waals surface area contributed by atoms with Gasteiger partial charge >= 0.3 is 0 Å². The van der Waals surface area contributed by atoms with E-state index in [9.17, 15) is 0 Å². The predicted octanol–water partition coefficient (Wildman–Crippen LogP) is 1.92. The van der Waals surface area contributed by atoms with E-state index in [1.54, 1.807) is 12.3 Å². The van der Waals surface area contributed by atoms with E-state index in [1.165, 1.54) is 25.7 Å². The van der Waals surface area contributed by atoms with E-state index in [-0.39, 0.29) is 0 Å². The highest BCUT2D eigenvalue weighted by molar-refractivity contribution is 5.64. The van der Waals surface area contributed by atoms with Crippen molar-refractivity contribution in [2.75, 3.05) is 23.7 Å². The molecule has 2 rings (SSSR count). The molecule has 0 bridgehead atoms. The van der Waals surface area contributed by atoms with E-state index >= 15 is 0 Å². The number of anilines is 2. The molecule has 4 heteroatoms. The standard InChI is InChI=1S/C12H16N4/c13-8-10-7-11(14)12(15-9-10)16-5-3-1-2-4-6-16/h7,9H,1-6,14H2. The van der Waals surface area contributed by atoms with Gasteiger partial charge in [0.2, 0.25) is 0 Å². The van der Waals surface area contributed by atoms with Crippen LogP contribution < -0.4 is 10.6 Å². The topological polar surface area (TPSA) is 65.9 Å². The third-order valence-corrected chi connectivity index (χ3v) is 2.93. The van der Waals surface area contributed by atoms with Crippen LogP contribution in [-0.2, 0) is 0 Å². The van der Waals surface area contributed by atoms with Crippen molar-refractivity contribution in [2.24, 2.45) is 0 Å². The monoisotopic (exact) mass is 216 g/mol. The molecule has 0 spiro atoms. The first kappa shape index (κ1) is 10.7. The van der Waals surface area contributed by atoms with Crippen LogP contribution in [0.25, 0.3) is 0 Å².